The molecule has 0 aromatic heterocycles. The van der Waals surface area contributed by atoms with Crippen molar-refractivity contribution in [1.82, 2.24) is 19.2 Å². The second-order valence-corrected chi connectivity index (χ2v) is 8.03. The second-order valence-electron chi connectivity index (χ2n) is 6.28. The average molecular weight is 358 g/mol. The SMILES string of the molecule is CC1CCN(S(=O)(=O)NCC(N2CCNCC2)C(F)(F)F)CC1. The summed E-state index contributed by atoms with van der Waals surface area (Å²) in [5.74, 6) is 0.449. The van der Waals surface area contributed by atoms with E-state index in [9.17, 15) is 21.6 Å². The maximum absolute atomic E-state index is 13.3. The largest absolute Gasteiger partial charge is 0.405 e. The fourth-order valence-corrected chi connectivity index (χ4v) is 4.19. The van der Waals surface area contributed by atoms with Crippen LogP contribution in [0, 0.1) is 5.92 Å². The first kappa shape index (κ1) is 18.9. The Balaban J connectivity index is 1.97. The molecule has 2 aliphatic rings. The van der Waals surface area contributed by atoms with Gasteiger partial charge in [-0.1, -0.05) is 6.92 Å². The third kappa shape index (κ3) is 5.28. The number of hydrogen-bond donors (Lipinski definition) is 2. The molecule has 0 spiro atoms. The molecule has 0 radical (unpaired) electrons. The van der Waals surface area contributed by atoms with E-state index in [1.807, 2.05) is 6.92 Å². The molecule has 2 fully saturated rings. The fraction of sp³-hybridized carbons (Fsp3) is 1.00. The zero-order valence-corrected chi connectivity index (χ0v) is 14.1. The van der Waals surface area contributed by atoms with Crippen molar-refractivity contribution in [2.24, 2.45) is 5.92 Å². The van der Waals surface area contributed by atoms with Crippen LogP contribution < -0.4 is 10.0 Å². The highest BCUT2D eigenvalue weighted by molar-refractivity contribution is 7.87. The van der Waals surface area contributed by atoms with Gasteiger partial charge in [0, 0.05) is 45.8 Å². The van der Waals surface area contributed by atoms with Gasteiger partial charge in [0.05, 0.1) is 0 Å². The van der Waals surface area contributed by atoms with Gasteiger partial charge in [0.1, 0.15) is 6.04 Å². The average Bonchev–Trinajstić information content (AvgIpc) is 2.47. The van der Waals surface area contributed by atoms with Crippen molar-refractivity contribution in [3.63, 3.8) is 0 Å². The van der Waals surface area contributed by atoms with Gasteiger partial charge in [-0.2, -0.15) is 25.9 Å². The number of piperidine rings is 1. The van der Waals surface area contributed by atoms with Crippen LogP contribution in [0.3, 0.4) is 0 Å². The van der Waals surface area contributed by atoms with E-state index in [0.29, 0.717) is 32.1 Å². The summed E-state index contributed by atoms with van der Waals surface area (Å²) >= 11 is 0. The number of alkyl halides is 3. The van der Waals surface area contributed by atoms with Crippen molar-refractivity contribution >= 4 is 10.2 Å². The molecule has 2 N–H and O–H groups in total. The molecule has 2 saturated heterocycles. The fourth-order valence-electron chi connectivity index (χ4n) is 2.95. The Morgan fingerprint density at radius 2 is 1.74 bits per heavy atom. The van der Waals surface area contributed by atoms with E-state index in [0.717, 1.165) is 12.8 Å². The molecule has 6 nitrogen and oxygen atoms in total. The molecule has 10 heteroatoms. The Hall–Kier alpha value is -0.420. The Labute approximate surface area is 135 Å². The lowest BCUT2D eigenvalue weighted by atomic mass is 10.0. The lowest BCUT2D eigenvalue weighted by Crippen LogP contribution is -2.58. The highest BCUT2D eigenvalue weighted by atomic mass is 32.2. The van der Waals surface area contributed by atoms with Crippen LogP contribution in [0.2, 0.25) is 0 Å². The predicted octanol–water partition coefficient (Wildman–Crippen LogP) is 0.389. The van der Waals surface area contributed by atoms with E-state index in [-0.39, 0.29) is 13.1 Å². The van der Waals surface area contributed by atoms with Crippen LogP contribution in [0.5, 0.6) is 0 Å². The van der Waals surface area contributed by atoms with Gasteiger partial charge in [-0.15, -0.1) is 0 Å². The summed E-state index contributed by atoms with van der Waals surface area (Å²) in [5, 5.41) is 2.99. The van der Waals surface area contributed by atoms with Crippen LogP contribution >= 0.6 is 0 Å². The standard InChI is InChI=1S/C13H25F3N4O2S/c1-11-2-6-20(7-3-11)23(21,22)18-10-12(13(14,15)16)19-8-4-17-5-9-19/h11-12,17-18H,2-10H2,1H3. The highest BCUT2D eigenvalue weighted by Crippen LogP contribution is 2.25. The molecule has 0 aromatic rings. The van der Waals surface area contributed by atoms with E-state index in [2.05, 4.69) is 10.0 Å². The summed E-state index contributed by atoms with van der Waals surface area (Å²) in [4.78, 5) is 1.29. The van der Waals surface area contributed by atoms with Gasteiger partial charge in [0.2, 0.25) is 0 Å². The molecule has 1 atom stereocenters. The molecule has 23 heavy (non-hydrogen) atoms. The molecule has 0 bridgehead atoms. The normalized spacial score (nSPS) is 24.7. The van der Waals surface area contributed by atoms with Crippen LogP contribution in [-0.2, 0) is 10.2 Å². The summed E-state index contributed by atoms with van der Waals surface area (Å²) in [7, 11) is -3.86. The number of hydrogen-bond acceptors (Lipinski definition) is 4. The molecule has 1 unspecified atom stereocenters. The first-order valence-corrected chi connectivity index (χ1v) is 9.40. The van der Waals surface area contributed by atoms with Crippen LogP contribution in [-0.4, -0.2) is 75.7 Å². The van der Waals surface area contributed by atoms with Gasteiger partial charge in [0.25, 0.3) is 10.2 Å². The molecule has 0 amide bonds. The Morgan fingerprint density at radius 1 is 1.17 bits per heavy atom. The van der Waals surface area contributed by atoms with Crippen molar-refractivity contribution in [2.45, 2.75) is 32.0 Å². The van der Waals surface area contributed by atoms with Crippen molar-refractivity contribution in [3.8, 4) is 0 Å². The summed E-state index contributed by atoms with van der Waals surface area (Å²) in [5.41, 5.74) is 0. The third-order valence-electron chi connectivity index (χ3n) is 4.51. The molecule has 0 aliphatic carbocycles. The van der Waals surface area contributed by atoms with Gasteiger partial charge in [0.15, 0.2) is 0 Å². The van der Waals surface area contributed by atoms with Crippen molar-refractivity contribution in [2.75, 3.05) is 45.8 Å². The summed E-state index contributed by atoms with van der Waals surface area (Å²) in [6, 6.07) is -1.79. The van der Waals surface area contributed by atoms with Gasteiger partial charge in [-0.05, 0) is 18.8 Å². The monoisotopic (exact) mass is 358 g/mol. The first-order chi connectivity index (χ1) is 10.7. The van der Waals surface area contributed by atoms with Gasteiger partial charge in [-0.25, -0.2) is 4.72 Å². The molecule has 136 valence electrons. The molecule has 0 aromatic carbocycles. The smallest absolute Gasteiger partial charge is 0.314 e. The summed E-state index contributed by atoms with van der Waals surface area (Å²) in [6.07, 6.45) is -2.99. The lowest BCUT2D eigenvalue weighted by molar-refractivity contribution is -0.182. The van der Waals surface area contributed by atoms with Crippen LogP contribution in [0.4, 0.5) is 13.2 Å². The highest BCUT2D eigenvalue weighted by Gasteiger charge is 2.44. The third-order valence-corrected chi connectivity index (χ3v) is 6.09. The summed E-state index contributed by atoms with van der Waals surface area (Å²) < 4.78 is 67.6. The maximum atomic E-state index is 13.3. The number of nitrogens with zero attached hydrogens (tertiary/aromatic N) is 2. The topological polar surface area (TPSA) is 64.7 Å². The minimum absolute atomic E-state index is 0.257. The Morgan fingerprint density at radius 3 is 2.26 bits per heavy atom. The van der Waals surface area contributed by atoms with Crippen molar-refractivity contribution in [1.29, 1.82) is 0 Å². The zero-order chi connectivity index (χ0) is 17.1. The molecular formula is C13H25F3N4O2S. The minimum atomic E-state index is -4.46. The quantitative estimate of drug-likeness (QED) is 0.746. The van der Waals surface area contributed by atoms with E-state index in [1.165, 1.54) is 9.21 Å². The number of nitrogens with one attached hydrogen (secondary N) is 2. The van der Waals surface area contributed by atoms with E-state index in [4.69, 9.17) is 0 Å². The summed E-state index contributed by atoms with van der Waals surface area (Å²) in [6.45, 7) is 3.59. The van der Waals surface area contributed by atoms with Crippen LogP contribution in [0.15, 0.2) is 0 Å². The van der Waals surface area contributed by atoms with Crippen LogP contribution in [0.25, 0.3) is 0 Å². The number of piperazine rings is 1. The van der Waals surface area contributed by atoms with Gasteiger partial charge < -0.3 is 5.32 Å². The van der Waals surface area contributed by atoms with Crippen molar-refractivity contribution < 1.29 is 21.6 Å². The van der Waals surface area contributed by atoms with E-state index in [1.54, 1.807) is 0 Å². The van der Waals surface area contributed by atoms with Crippen molar-refractivity contribution in [3.05, 3.63) is 0 Å². The van der Waals surface area contributed by atoms with E-state index < -0.39 is 29.0 Å². The predicted molar refractivity (Wildman–Crippen MR) is 81.2 cm³/mol. The molecular weight excluding hydrogens is 333 g/mol. The second kappa shape index (κ2) is 7.64. The van der Waals surface area contributed by atoms with E-state index >= 15 is 0 Å². The lowest BCUT2D eigenvalue weighted by Gasteiger charge is -2.36. The Bertz CT molecular complexity index is 472. The maximum Gasteiger partial charge on any atom is 0.405 e. The number of rotatable bonds is 5. The molecule has 2 rings (SSSR count). The number of halogens is 3. The zero-order valence-electron chi connectivity index (χ0n) is 13.3. The minimum Gasteiger partial charge on any atom is -0.314 e. The van der Waals surface area contributed by atoms with Gasteiger partial charge >= 0.3 is 6.18 Å². The molecule has 2 heterocycles. The van der Waals surface area contributed by atoms with Crippen LogP contribution in [0.1, 0.15) is 19.8 Å². The van der Waals surface area contributed by atoms with Gasteiger partial charge in [-0.3, -0.25) is 4.90 Å². The Kier molecular flexibility index (Phi) is 6.28. The molecule has 2 aliphatic heterocycles. The molecule has 0 saturated carbocycles. The first-order valence-electron chi connectivity index (χ1n) is 7.96.